The third kappa shape index (κ3) is 5.71. The summed E-state index contributed by atoms with van der Waals surface area (Å²) in [6.07, 6.45) is 13.3. The van der Waals surface area contributed by atoms with Gasteiger partial charge in [0.25, 0.3) is 0 Å². The monoisotopic (exact) mass is 482 g/mol. The van der Waals surface area contributed by atoms with Crippen LogP contribution < -0.4 is 4.74 Å². The fourth-order valence-electron chi connectivity index (χ4n) is 5.91. The maximum absolute atomic E-state index is 15.1. The zero-order chi connectivity index (χ0) is 24.9. The zero-order valence-corrected chi connectivity index (χ0v) is 20.2. The Morgan fingerprint density at radius 3 is 2.54 bits per heavy atom. The second-order valence-electron chi connectivity index (χ2n) is 9.93. The van der Waals surface area contributed by atoms with Crippen LogP contribution in [0, 0.1) is 35.2 Å². The number of ether oxygens (including phenoxy) is 1. The standard InChI is InChI=1S/C30H33F3O2/c1-3-5-7-20-12-13-24(18-27(20)31)35-30(34)26-15-14-25(28(32)29(26)33)23-11-10-21-16-19(6-4-2)8-9-22(21)17-23/h3-4,6,12-15,18-19,21-23H,1,5,7-11,16-17H2,2H3/b6-4+. The van der Waals surface area contributed by atoms with E-state index in [9.17, 15) is 13.6 Å². The van der Waals surface area contributed by atoms with Crippen LogP contribution in [-0.2, 0) is 6.42 Å². The van der Waals surface area contributed by atoms with Crippen LogP contribution in [0.3, 0.4) is 0 Å². The van der Waals surface area contributed by atoms with E-state index < -0.39 is 29.0 Å². The molecular formula is C30H33F3O2. The highest BCUT2D eigenvalue weighted by atomic mass is 19.2. The molecule has 2 aromatic rings. The number of aryl methyl sites for hydroxylation is 1. The molecule has 0 bridgehead atoms. The Hall–Kier alpha value is -2.82. The van der Waals surface area contributed by atoms with Crippen LogP contribution in [0.1, 0.15) is 79.3 Å². The van der Waals surface area contributed by atoms with Crippen molar-refractivity contribution in [3.8, 4) is 5.75 Å². The van der Waals surface area contributed by atoms with Crippen molar-refractivity contribution in [1.82, 2.24) is 0 Å². The SMILES string of the molecule is C=CCCc1ccc(OC(=O)c2ccc(C3CCC4CC(/C=C/C)CCC4C3)c(F)c2F)cc1F. The molecule has 0 aliphatic heterocycles. The second-order valence-corrected chi connectivity index (χ2v) is 9.93. The fourth-order valence-corrected chi connectivity index (χ4v) is 5.91. The molecule has 4 rings (SSSR count). The zero-order valence-electron chi connectivity index (χ0n) is 20.2. The Balaban J connectivity index is 1.44. The van der Waals surface area contributed by atoms with Gasteiger partial charge >= 0.3 is 5.97 Å². The van der Waals surface area contributed by atoms with Crippen molar-refractivity contribution in [3.05, 3.63) is 89.3 Å². The Labute approximate surface area is 205 Å². The largest absolute Gasteiger partial charge is 0.423 e. The first-order chi connectivity index (χ1) is 16.9. The Morgan fingerprint density at radius 2 is 1.80 bits per heavy atom. The van der Waals surface area contributed by atoms with Crippen molar-refractivity contribution in [2.45, 2.75) is 64.2 Å². The van der Waals surface area contributed by atoms with Crippen molar-refractivity contribution in [2.75, 3.05) is 0 Å². The van der Waals surface area contributed by atoms with E-state index in [-0.39, 0.29) is 11.7 Å². The summed E-state index contributed by atoms with van der Waals surface area (Å²) in [4.78, 5) is 12.5. The molecule has 0 saturated heterocycles. The Kier molecular flexibility index (Phi) is 8.15. The lowest BCUT2D eigenvalue weighted by atomic mass is 9.64. The number of hydrogen-bond acceptors (Lipinski definition) is 2. The number of carbonyl (C=O) groups is 1. The van der Waals surface area contributed by atoms with Gasteiger partial charge in [-0.05, 0) is 105 Å². The van der Waals surface area contributed by atoms with E-state index in [2.05, 4.69) is 25.7 Å². The summed E-state index contributed by atoms with van der Waals surface area (Å²) in [5.41, 5.74) is 0.324. The van der Waals surface area contributed by atoms with Crippen molar-refractivity contribution < 1.29 is 22.7 Å². The first-order valence-corrected chi connectivity index (χ1v) is 12.6. The molecular weight excluding hydrogens is 449 g/mol. The van der Waals surface area contributed by atoms with Crippen LogP contribution in [0.2, 0.25) is 0 Å². The number of hydrogen-bond donors (Lipinski definition) is 0. The first-order valence-electron chi connectivity index (χ1n) is 12.6. The molecule has 0 N–H and O–H groups in total. The lowest BCUT2D eigenvalue weighted by Crippen LogP contribution is -2.30. The Bertz CT molecular complexity index is 1110. The van der Waals surface area contributed by atoms with Gasteiger partial charge in [0.1, 0.15) is 11.6 Å². The molecule has 5 heteroatoms. The van der Waals surface area contributed by atoms with Crippen LogP contribution in [-0.4, -0.2) is 5.97 Å². The third-order valence-corrected chi connectivity index (χ3v) is 7.74. The number of halogens is 3. The first kappa shape index (κ1) is 25.3. The van der Waals surface area contributed by atoms with E-state index in [1.54, 1.807) is 6.08 Å². The molecule has 2 nitrogen and oxygen atoms in total. The summed E-state index contributed by atoms with van der Waals surface area (Å²) >= 11 is 0. The molecule has 186 valence electrons. The van der Waals surface area contributed by atoms with E-state index in [1.165, 1.54) is 30.7 Å². The van der Waals surface area contributed by atoms with Gasteiger partial charge in [0.05, 0.1) is 5.56 Å². The van der Waals surface area contributed by atoms with E-state index in [0.29, 0.717) is 41.7 Å². The minimum absolute atomic E-state index is 0.0497. The summed E-state index contributed by atoms with van der Waals surface area (Å²) in [7, 11) is 0. The molecule has 2 aliphatic rings. The number of fused-ring (bicyclic) bond motifs is 1. The molecule has 35 heavy (non-hydrogen) atoms. The van der Waals surface area contributed by atoms with Crippen LogP contribution in [0.5, 0.6) is 5.75 Å². The molecule has 0 aromatic heterocycles. The number of rotatable bonds is 7. The van der Waals surface area contributed by atoms with Crippen LogP contribution >= 0.6 is 0 Å². The van der Waals surface area contributed by atoms with E-state index in [4.69, 9.17) is 4.74 Å². The summed E-state index contributed by atoms with van der Waals surface area (Å²) in [5.74, 6) is -2.03. The summed E-state index contributed by atoms with van der Waals surface area (Å²) in [6, 6.07) is 6.86. The fraction of sp³-hybridized carbons (Fsp3) is 0.433. The molecule has 2 aromatic carbocycles. The average Bonchev–Trinajstić information content (AvgIpc) is 2.85. The molecule has 2 aliphatic carbocycles. The van der Waals surface area contributed by atoms with Gasteiger partial charge in [0, 0.05) is 6.07 Å². The molecule has 0 radical (unpaired) electrons. The van der Waals surface area contributed by atoms with Crippen molar-refractivity contribution in [1.29, 1.82) is 0 Å². The van der Waals surface area contributed by atoms with Gasteiger partial charge in [-0.3, -0.25) is 0 Å². The molecule has 0 spiro atoms. The van der Waals surface area contributed by atoms with Gasteiger partial charge < -0.3 is 4.74 Å². The highest BCUT2D eigenvalue weighted by Crippen LogP contribution is 2.48. The molecule has 4 atom stereocenters. The minimum Gasteiger partial charge on any atom is -0.423 e. The maximum Gasteiger partial charge on any atom is 0.346 e. The van der Waals surface area contributed by atoms with Gasteiger partial charge in [-0.2, -0.15) is 0 Å². The lowest BCUT2D eigenvalue weighted by Gasteiger charge is -2.42. The lowest BCUT2D eigenvalue weighted by molar-refractivity contribution is 0.0728. The number of allylic oxidation sites excluding steroid dienone is 3. The van der Waals surface area contributed by atoms with Gasteiger partial charge in [0.2, 0.25) is 0 Å². The quantitative estimate of drug-likeness (QED) is 0.225. The molecule has 4 unspecified atom stereocenters. The van der Waals surface area contributed by atoms with Gasteiger partial charge in [-0.25, -0.2) is 18.0 Å². The average molecular weight is 483 g/mol. The van der Waals surface area contributed by atoms with Crippen molar-refractivity contribution in [2.24, 2.45) is 17.8 Å². The second kappa shape index (κ2) is 11.3. The third-order valence-electron chi connectivity index (χ3n) is 7.74. The number of benzene rings is 2. The van der Waals surface area contributed by atoms with Crippen molar-refractivity contribution >= 4 is 5.97 Å². The number of esters is 1. The summed E-state index contributed by atoms with van der Waals surface area (Å²) in [5, 5.41) is 0. The minimum atomic E-state index is -1.20. The molecule has 2 fully saturated rings. The van der Waals surface area contributed by atoms with E-state index in [0.717, 1.165) is 38.2 Å². The normalized spacial score (nSPS) is 24.2. The summed E-state index contributed by atoms with van der Waals surface area (Å²) in [6.45, 7) is 5.67. The van der Waals surface area contributed by atoms with Gasteiger partial charge in [-0.1, -0.05) is 30.4 Å². The van der Waals surface area contributed by atoms with Crippen molar-refractivity contribution in [3.63, 3.8) is 0 Å². The highest BCUT2D eigenvalue weighted by molar-refractivity contribution is 5.91. The number of carbonyl (C=O) groups excluding carboxylic acids is 1. The van der Waals surface area contributed by atoms with E-state index >= 15 is 4.39 Å². The predicted octanol–water partition coefficient (Wildman–Crippen LogP) is 8.32. The highest BCUT2D eigenvalue weighted by Gasteiger charge is 2.36. The topological polar surface area (TPSA) is 26.3 Å². The molecule has 2 saturated carbocycles. The predicted molar refractivity (Wildman–Crippen MR) is 132 cm³/mol. The maximum atomic E-state index is 15.1. The summed E-state index contributed by atoms with van der Waals surface area (Å²) < 4.78 is 49.5. The molecule has 0 amide bonds. The van der Waals surface area contributed by atoms with Gasteiger partial charge in [-0.15, -0.1) is 6.58 Å². The Morgan fingerprint density at radius 1 is 1.03 bits per heavy atom. The molecule has 0 heterocycles. The van der Waals surface area contributed by atoms with Crippen LogP contribution in [0.4, 0.5) is 13.2 Å². The van der Waals surface area contributed by atoms with Crippen LogP contribution in [0.25, 0.3) is 0 Å². The van der Waals surface area contributed by atoms with Gasteiger partial charge in [0.15, 0.2) is 11.6 Å². The van der Waals surface area contributed by atoms with E-state index in [1.807, 2.05) is 0 Å². The van der Waals surface area contributed by atoms with Crippen LogP contribution in [0.15, 0.2) is 55.1 Å². The smallest absolute Gasteiger partial charge is 0.346 e.